The first-order chi connectivity index (χ1) is 7.81. The third-order valence-corrected chi connectivity index (χ3v) is 2.53. The molecular formula is C10H11NO5S. The molecule has 1 rings (SSSR count). The molecule has 0 bridgehead atoms. The number of amides is 1. The van der Waals surface area contributed by atoms with Gasteiger partial charge in [-0.15, -0.1) is 0 Å². The van der Waals surface area contributed by atoms with Crippen LogP contribution in [0.3, 0.4) is 0 Å². The van der Waals surface area contributed by atoms with E-state index in [4.69, 9.17) is 4.55 Å². The van der Waals surface area contributed by atoms with Crippen LogP contribution in [0.5, 0.6) is 0 Å². The number of carbonyl (C=O) groups is 2. The lowest BCUT2D eigenvalue weighted by Gasteiger charge is -2.09. The monoisotopic (exact) mass is 257 g/mol. The molecule has 1 unspecified atom stereocenters. The zero-order chi connectivity index (χ0) is 13.1. The van der Waals surface area contributed by atoms with E-state index >= 15 is 0 Å². The molecule has 1 amide bonds. The van der Waals surface area contributed by atoms with E-state index in [1.807, 2.05) is 0 Å². The van der Waals surface area contributed by atoms with Crippen molar-refractivity contribution in [3.05, 3.63) is 35.9 Å². The molecule has 1 aromatic rings. The van der Waals surface area contributed by atoms with Crippen LogP contribution < -0.4 is 4.72 Å². The quantitative estimate of drug-likeness (QED) is 0.462. The Bertz CT molecular complexity index is 523. The Morgan fingerprint density at radius 2 is 1.76 bits per heavy atom. The number of hydrogen-bond donors (Lipinski definition) is 2. The molecule has 0 aliphatic carbocycles. The number of ketones is 1. The van der Waals surface area contributed by atoms with E-state index in [0.29, 0.717) is 5.56 Å². The fourth-order valence-corrected chi connectivity index (χ4v) is 1.62. The lowest BCUT2D eigenvalue weighted by molar-refractivity contribution is -0.121. The van der Waals surface area contributed by atoms with E-state index in [1.54, 1.807) is 18.2 Å². The molecule has 1 aromatic carbocycles. The van der Waals surface area contributed by atoms with Gasteiger partial charge in [-0.25, -0.2) is 4.72 Å². The maximum atomic E-state index is 11.7. The van der Waals surface area contributed by atoms with Crippen molar-refractivity contribution in [3.63, 3.8) is 0 Å². The summed E-state index contributed by atoms with van der Waals surface area (Å²) < 4.78 is 30.6. The molecule has 0 saturated carbocycles. The summed E-state index contributed by atoms with van der Waals surface area (Å²) in [4.78, 5) is 23.0. The van der Waals surface area contributed by atoms with Crippen LogP contribution in [0.4, 0.5) is 0 Å². The van der Waals surface area contributed by atoms with E-state index in [1.165, 1.54) is 23.8 Å². The summed E-state index contributed by atoms with van der Waals surface area (Å²) in [6, 6.07) is 7.99. The predicted molar refractivity (Wildman–Crippen MR) is 59.6 cm³/mol. The van der Waals surface area contributed by atoms with Crippen molar-refractivity contribution in [1.29, 1.82) is 0 Å². The minimum atomic E-state index is -4.64. The molecule has 0 heterocycles. The molecule has 92 valence electrons. The first-order valence-corrected chi connectivity index (χ1v) is 6.13. The first-order valence-electron chi connectivity index (χ1n) is 4.69. The van der Waals surface area contributed by atoms with Crippen LogP contribution in [-0.4, -0.2) is 24.7 Å². The van der Waals surface area contributed by atoms with Gasteiger partial charge in [0, 0.05) is 5.56 Å². The molecule has 0 aliphatic heterocycles. The maximum absolute atomic E-state index is 11.7. The van der Waals surface area contributed by atoms with Crippen molar-refractivity contribution in [2.45, 2.75) is 6.92 Å². The zero-order valence-corrected chi connectivity index (χ0v) is 9.77. The highest BCUT2D eigenvalue weighted by molar-refractivity contribution is 7.84. The van der Waals surface area contributed by atoms with Gasteiger partial charge in [-0.3, -0.25) is 14.1 Å². The summed E-state index contributed by atoms with van der Waals surface area (Å²) in [5.41, 5.74) is 0.297. The van der Waals surface area contributed by atoms with Gasteiger partial charge in [-0.1, -0.05) is 30.3 Å². The van der Waals surface area contributed by atoms with E-state index in [9.17, 15) is 18.0 Å². The molecule has 6 nitrogen and oxygen atoms in total. The minimum Gasteiger partial charge on any atom is -0.293 e. The van der Waals surface area contributed by atoms with Crippen molar-refractivity contribution in [2.75, 3.05) is 0 Å². The highest BCUT2D eigenvalue weighted by Gasteiger charge is 2.25. The SMILES string of the molecule is CC(C(=O)NS(=O)(=O)O)C(=O)c1ccccc1. The zero-order valence-electron chi connectivity index (χ0n) is 8.95. The summed E-state index contributed by atoms with van der Waals surface area (Å²) >= 11 is 0. The average Bonchev–Trinajstić information content (AvgIpc) is 2.26. The number of hydrogen-bond acceptors (Lipinski definition) is 4. The lowest BCUT2D eigenvalue weighted by atomic mass is 9.99. The highest BCUT2D eigenvalue weighted by Crippen LogP contribution is 2.08. The van der Waals surface area contributed by atoms with Gasteiger partial charge >= 0.3 is 10.3 Å². The van der Waals surface area contributed by atoms with Crippen LogP contribution in [0.25, 0.3) is 0 Å². The summed E-state index contributed by atoms with van der Waals surface area (Å²) in [6.07, 6.45) is 0. The molecule has 0 saturated heterocycles. The van der Waals surface area contributed by atoms with Crippen molar-refractivity contribution >= 4 is 22.0 Å². The molecule has 7 heteroatoms. The Morgan fingerprint density at radius 1 is 1.24 bits per heavy atom. The molecule has 0 radical (unpaired) electrons. The van der Waals surface area contributed by atoms with E-state index in [2.05, 4.69) is 0 Å². The third-order valence-electron chi connectivity index (χ3n) is 2.07. The summed E-state index contributed by atoms with van der Waals surface area (Å²) in [7, 11) is -4.64. The summed E-state index contributed by atoms with van der Waals surface area (Å²) in [6.45, 7) is 1.26. The molecular weight excluding hydrogens is 246 g/mol. The minimum absolute atomic E-state index is 0.297. The second-order valence-corrected chi connectivity index (χ2v) is 4.55. The Balaban J connectivity index is 2.81. The normalized spacial score (nSPS) is 12.8. The van der Waals surface area contributed by atoms with Gasteiger partial charge in [0.2, 0.25) is 5.91 Å². The van der Waals surface area contributed by atoms with Gasteiger partial charge in [0.25, 0.3) is 0 Å². The topological polar surface area (TPSA) is 101 Å². The van der Waals surface area contributed by atoms with E-state index < -0.39 is 27.9 Å². The Morgan fingerprint density at radius 3 is 2.24 bits per heavy atom. The molecule has 2 N–H and O–H groups in total. The lowest BCUT2D eigenvalue weighted by Crippen LogP contribution is -2.37. The van der Waals surface area contributed by atoms with E-state index in [0.717, 1.165) is 0 Å². The van der Waals surface area contributed by atoms with Crippen molar-refractivity contribution in [2.24, 2.45) is 5.92 Å². The molecule has 0 aliphatic rings. The van der Waals surface area contributed by atoms with Crippen molar-refractivity contribution < 1.29 is 22.6 Å². The predicted octanol–water partition coefficient (Wildman–Crippen LogP) is 0.424. The van der Waals surface area contributed by atoms with Crippen LogP contribution in [0.1, 0.15) is 17.3 Å². The first kappa shape index (κ1) is 13.3. The third kappa shape index (κ3) is 3.97. The summed E-state index contributed by atoms with van der Waals surface area (Å²) in [5, 5.41) is 0. The highest BCUT2D eigenvalue weighted by atomic mass is 32.2. The van der Waals surface area contributed by atoms with Gasteiger partial charge in [0.15, 0.2) is 5.78 Å². The molecule has 0 aromatic heterocycles. The second-order valence-electron chi connectivity index (χ2n) is 3.39. The van der Waals surface area contributed by atoms with Crippen LogP contribution in [0.2, 0.25) is 0 Å². The Kier molecular flexibility index (Phi) is 3.97. The van der Waals surface area contributed by atoms with Crippen LogP contribution in [0, 0.1) is 5.92 Å². The molecule has 1 atom stereocenters. The second kappa shape index (κ2) is 5.07. The average molecular weight is 257 g/mol. The van der Waals surface area contributed by atoms with Crippen molar-refractivity contribution in [1.82, 2.24) is 4.72 Å². The molecule has 0 spiro atoms. The fraction of sp³-hybridized carbons (Fsp3) is 0.200. The number of benzene rings is 1. The van der Waals surface area contributed by atoms with Crippen LogP contribution >= 0.6 is 0 Å². The Labute approximate surface area is 98.5 Å². The van der Waals surface area contributed by atoms with Gasteiger partial charge in [0.05, 0.1) is 5.92 Å². The van der Waals surface area contributed by atoms with Gasteiger partial charge < -0.3 is 0 Å². The smallest absolute Gasteiger partial charge is 0.293 e. The van der Waals surface area contributed by atoms with Crippen LogP contribution in [-0.2, 0) is 15.1 Å². The van der Waals surface area contributed by atoms with Crippen LogP contribution in [0.15, 0.2) is 30.3 Å². The van der Waals surface area contributed by atoms with E-state index in [-0.39, 0.29) is 0 Å². The maximum Gasteiger partial charge on any atom is 0.359 e. The molecule has 17 heavy (non-hydrogen) atoms. The number of Topliss-reactive ketones (excluding diaryl/α,β-unsaturated/α-hetero) is 1. The van der Waals surface area contributed by atoms with Gasteiger partial charge in [0.1, 0.15) is 0 Å². The number of carbonyl (C=O) groups excluding carboxylic acids is 2. The fourth-order valence-electron chi connectivity index (χ4n) is 1.19. The summed E-state index contributed by atoms with van der Waals surface area (Å²) in [5.74, 6) is -2.78. The number of rotatable bonds is 4. The standard InChI is InChI=1S/C10H11NO5S/c1-7(10(13)11-17(14,15)16)9(12)8-5-3-2-4-6-8/h2-7H,1H3,(H,11,13)(H,14,15,16). The van der Waals surface area contributed by atoms with Gasteiger partial charge in [-0.2, -0.15) is 8.42 Å². The van der Waals surface area contributed by atoms with Crippen molar-refractivity contribution in [3.8, 4) is 0 Å². The Hall–Kier alpha value is -1.73. The number of nitrogens with one attached hydrogen (secondary N) is 1. The largest absolute Gasteiger partial charge is 0.359 e. The van der Waals surface area contributed by atoms with Gasteiger partial charge in [-0.05, 0) is 6.92 Å². The molecule has 0 fully saturated rings.